The molecule has 0 saturated heterocycles. The lowest BCUT2D eigenvalue weighted by molar-refractivity contribution is 0.557. The van der Waals surface area contributed by atoms with Crippen molar-refractivity contribution in [2.24, 2.45) is 0 Å². The van der Waals surface area contributed by atoms with Crippen LogP contribution in [0.2, 0.25) is 19.6 Å². The standard InChI is InChI=1S/C9H13OSi/c1-11(2,3)10-9-7-5-4-6-8-9/h4-5,7-8H,1-3H3. The van der Waals surface area contributed by atoms with Gasteiger partial charge in [0.1, 0.15) is 5.75 Å². The van der Waals surface area contributed by atoms with Crippen molar-refractivity contribution in [3.63, 3.8) is 0 Å². The van der Waals surface area contributed by atoms with E-state index in [0.29, 0.717) is 0 Å². The average Bonchev–Trinajstić information content (AvgIpc) is 1.85. The van der Waals surface area contributed by atoms with Crippen molar-refractivity contribution >= 4 is 8.32 Å². The van der Waals surface area contributed by atoms with Crippen LogP contribution in [0.25, 0.3) is 0 Å². The van der Waals surface area contributed by atoms with Crippen molar-refractivity contribution in [2.75, 3.05) is 0 Å². The third-order valence-corrected chi connectivity index (χ3v) is 1.95. The third kappa shape index (κ3) is 3.23. The summed E-state index contributed by atoms with van der Waals surface area (Å²) in [7, 11) is -1.42. The summed E-state index contributed by atoms with van der Waals surface area (Å²) in [6.45, 7) is 6.50. The van der Waals surface area contributed by atoms with Crippen LogP contribution < -0.4 is 4.43 Å². The molecule has 1 radical (unpaired) electrons. The van der Waals surface area contributed by atoms with Crippen LogP contribution in [-0.2, 0) is 0 Å². The van der Waals surface area contributed by atoms with Crippen molar-refractivity contribution in [2.45, 2.75) is 19.6 Å². The van der Waals surface area contributed by atoms with E-state index in [1.165, 1.54) is 0 Å². The highest BCUT2D eigenvalue weighted by molar-refractivity contribution is 6.70. The first-order valence-corrected chi connectivity index (χ1v) is 7.14. The minimum absolute atomic E-state index is 0.937. The Labute approximate surface area is 69.1 Å². The van der Waals surface area contributed by atoms with Gasteiger partial charge in [-0.3, -0.25) is 0 Å². The van der Waals surface area contributed by atoms with Crippen molar-refractivity contribution < 1.29 is 4.43 Å². The van der Waals surface area contributed by atoms with Gasteiger partial charge in [-0.05, 0) is 37.8 Å². The Morgan fingerprint density at radius 2 is 2.09 bits per heavy atom. The van der Waals surface area contributed by atoms with Gasteiger partial charge in [0.05, 0.1) is 0 Å². The summed E-state index contributed by atoms with van der Waals surface area (Å²) in [6, 6.07) is 10.6. The predicted octanol–water partition coefficient (Wildman–Crippen LogP) is 2.70. The maximum Gasteiger partial charge on any atom is 0.242 e. The van der Waals surface area contributed by atoms with E-state index in [4.69, 9.17) is 4.43 Å². The summed E-state index contributed by atoms with van der Waals surface area (Å²) in [4.78, 5) is 0. The molecule has 0 aliphatic carbocycles. The molecule has 0 aliphatic rings. The Kier molecular flexibility index (Phi) is 2.34. The SMILES string of the molecule is C[Si](C)(C)Oc1c[c]ccc1. The molecule has 0 bridgehead atoms. The molecule has 0 atom stereocenters. The van der Waals surface area contributed by atoms with E-state index in [-0.39, 0.29) is 0 Å². The molecule has 1 nitrogen and oxygen atoms in total. The monoisotopic (exact) mass is 165 g/mol. The fraction of sp³-hybridized carbons (Fsp3) is 0.333. The van der Waals surface area contributed by atoms with Gasteiger partial charge in [-0.2, -0.15) is 0 Å². The van der Waals surface area contributed by atoms with Crippen LogP contribution in [0.1, 0.15) is 0 Å². The lowest BCUT2D eigenvalue weighted by atomic mass is 10.3. The number of hydrogen-bond donors (Lipinski definition) is 0. The summed E-state index contributed by atoms with van der Waals surface area (Å²) in [5.74, 6) is 0.937. The summed E-state index contributed by atoms with van der Waals surface area (Å²) in [5.41, 5.74) is 0. The zero-order valence-electron chi connectivity index (χ0n) is 7.22. The second kappa shape index (κ2) is 3.09. The Morgan fingerprint density at radius 3 is 2.55 bits per heavy atom. The van der Waals surface area contributed by atoms with Crippen molar-refractivity contribution in [1.82, 2.24) is 0 Å². The molecule has 0 heterocycles. The van der Waals surface area contributed by atoms with Crippen LogP contribution in [0.5, 0.6) is 5.75 Å². The lowest BCUT2D eigenvalue weighted by Gasteiger charge is -2.18. The van der Waals surface area contributed by atoms with Crippen LogP contribution in [0.3, 0.4) is 0 Å². The number of benzene rings is 1. The first kappa shape index (κ1) is 8.33. The van der Waals surface area contributed by atoms with Crippen LogP contribution in [0.4, 0.5) is 0 Å². The van der Waals surface area contributed by atoms with Gasteiger partial charge < -0.3 is 4.43 Å². The highest BCUT2D eigenvalue weighted by Gasteiger charge is 2.15. The molecule has 59 valence electrons. The zero-order valence-corrected chi connectivity index (χ0v) is 8.22. The van der Waals surface area contributed by atoms with Crippen LogP contribution in [0, 0.1) is 6.07 Å². The van der Waals surface area contributed by atoms with Gasteiger partial charge >= 0.3 is 0 Å². The Hall–Kier alpha value is -0.763. The molecule has 0 N–H and O–H groups in total. The molecule has 0 fully saturated rings. The maximum atomic E-state index is 5.71. The maximum absolute atomic E-state index is 5.71. The average molecular weight is 165 g/mol. The van der Waals surface area contributed by atoms with E-state index in [9.17, 15) is 0 Å². The molecule has 1 rings (SSSR count). The smallest absolute Gasteiger partial charge is 0.242 e. The fourth-order valence-corrected chi connectivity index (χ4v) is 1.63. The van der Waals surface area contributed by atoms with Gasteiger partial charge in [-0.1, -0.05) is 12.1 Å². The molecular weight excluding hydrogens is 152 g/mol. The molecule has 0 aliphatic heterocycles. The molecule has 0 amide bonds. The molecule has 2 heteroatoms. The second-order valence-electron chi connectivity index (χ2n) is 3.45. The van der Waals surface area contributed by atoms with E-state index in [1.54, 1.807) is 0 Å². The molecular formula is C9H13OSi. The van der Waals surface area contributed by atoms with E-state index in [2.05, 4.69) is 25.7 Å². The summed E-state index contributed by atoms with van der Waals surface area (Å²) < 4.78 is 5.71. The largest absolute Gasteiger partial charge is 0.544 e. The Morgan fingerprint density at radius 1 is 1.36 bits per heavy atom. The van der Waals surface area contributed by atoms with E-state index in [1.807, 2.05) is 24.3 Å². The first-order chi connectivity index (χ1) is 5.08. The molecule has 1 aromatic carbocycles. The summed E-state index contributed by atoms with van der Waals surface area (Å²) >= 11 is 0. The quantitative estimate of drug-likeness (QED) is 0.612. The Balaban J connectivity index is 2.66. The zero-order chi connectivity index (χ0) is 8.32. The van der Waals surface area contributed by atoms with Gasteiger partial charge in [0.2, 0.25) is 8.32 Å². The second-order valence-corrected chi connectivity index (χ2v) is 7.88. The molecule has 11 heavy (non-hydrogen) atoms. The fourth-order valence-electron chi connectivity index (χ4n) is 0.794. The molecule has 0 saturated carbocycles. The van der Waals surface area contributed by atoms with Gasteiger partial charge in [0, 0.05) is 0 Å². The van der Waals surface area contributed by atoms with Crippen LogP contribution in [0.15, 0.2) is 24.3 Å². The van der Waals surface area contributed by atoms with Gasteiger partial charge in [-0.25, -0.2) is 0 Å². The van der Waals surface area contributed by atoms with Crippen molar-refractivity contribution in [1.29, 1.82) is 0 Å². The highest BCUT2D eigenvalue weighted by Crippen LogP contribution is 2.13. The summed E-state index contributed by atoms with van der Waals surface area (Å²) in [6.07, 6.45) is 0. The summed E-state index contributed by atoms with van der Waals surface area (Å²) in [5, 5.41) is 0. The minimum atomic E-state index is -1.42. The normalized spacial score (nSPS) is 11.2. The van der Waals surface area contributed by atoms with Crippen LogP contribution in [-0.4, -0.2) is 8.32 Å². The van der Waals surface area contributed by atoms with E-state index in [0.717, 1.165) is 5.75 Å². The molecule has 0 unspecified atom stereocenters. The third-order valence-electron chi connectivity index (χ3n) is 1.10. The first-order valence-electron chi connectivity index (χ1n) is 3.73. The van der Waals surface area contributed by atoms with Gasteiger partial charge in [0.25, 0.3) is 0 Å². The topological polar surface area (TPSA) is 9.23 Å². The number of rotatable bonds is 2. The van der Waals surface area contributed by atoms with E-state index >= 15 is 0 Å². The predicted molar refractivity (Wildman–Crippen MR) is 49.3 cm³/mol. The van der Waals surface area contributed by atoms with E-state index < -0.39 is 8.32 Å². The Bertz CT molecular complexity index is 213. The minimum Gasteiger partial charge on any atom is -0.544 e. The number of hydrogen-bond acceptors (Lipinski definition) is 1. The van der Waals surface area contributed by atoms with Crippen molar-refractivity contribution in [3.05, 3.63) is 30.3 Å². The van der Waals surface area contributed by atoms with Crippen LogP contribution >= 0.6 is 0 Å². The van der Waals surface area contributed by atoms with Crippen molar-refractivity contribution in [3.8, 4) is 5.75 Å². The van der Waals surface area contributed by atoms with Gasteiger partial charge in [0.15, 0.2) is 0 Å². The van der Waals surface area contributed by atoms with Gasteiger partial charge in [-0.15, -0.1) is 0 Å². The highest BCUT2D eigenvalue weighted by atomic mass is 28.4. The molecule has 0 aromatic heterocycles. The lowest BCUT2D eigenvalue weighted by Crippen LogP contribution is -2.29. The molecule has 0 spiro atoms. The molecule has 1 aromatic rings.